The molecule has 2 amide bonds. The monoisotopic (exact) mass is 212 g/mol. The summed E-state index contributed by atoms with van der Waals surface area (Å²) in [6.07, 6.45) is 0. The molecule has 3 N–H and O–H groups in total. The van der Waals surface area contributed by atoms with E-state index in [0.717, 1.165) is 6.07 Å². The largest absolute Gasteiger partial charge is 0.505 e. The topological polar surface area (TPSA) is 61.4 Å². The summed E-state index contributed by atoms with van der Waals surface area (Å²) in [5.74, 6) is -1.21. The summed E-state index contributed by atoms with van der Waals surface area (Å²) in [5.41, 5.74) is 0.295. The highest BCUT2D eigenvalue weighted by Crippen LogP contribution is 2.19. The average Bonchev–Trinajstić information content (AvgIpc) is 2.10. The molecule has 0 saturated carbocycles. The lowest BCUT2D eigenvalue weighted by Crippen LogP contribution is -2.34. The van der Waals surface area contributed by atoms with Crippen molar-refractivity contribution in [2.45, 2.75) is 19.9 Å². The number of carbonyl (C=O) groups is 1. The van der Waals surface area contributed by atoms with E-state index in [0.29, 0.717) is 5.69 Å². The molecule has 0 fully saturated rings. The van der Waals surface area contributed by atoms with Crippen LogP contribution < -0.4 is 10.6 Å². The van der Waals surface area contributed by atoms with Gasteiger partial charge in [0.25, 0.3) is 0 Å². The Labute approximate surface area is 87.1 Å². The molecule has 1 aromatic carbocycles. The van der Waals surface area contributed by atoms with Gasteiger partial charge in [-0.05, 0) is 26.0 Å². The molecule has 0 saturated heterocycles. The van der Waals surface area contributed by atoms with Crippen LogP contribution in [-0.4, -0.2) is 17.2 Å². The first kappa shape index (κ1) is 11.3. The number of hydrogen-bond acceptors (Lipinski definition) is 2. The highest BCUT2D eigenvalue weighted by molar-refractivity contribution is 5.89. The minimum atomic E-state index is -0.766. The number of benzene rings is 1. The zero-order valence-corrected chi connectivity index (χ0v) is 8.54. The van der Waals surface area contributed by atoms with Crippen molar-refractivity contribution in [2.24, 2.45) is 0 Å². The van der Waals surface area contributed by atoms with Gasteiger partial charge >= 0.3 is 6.03 Å². The van der Waals surface area contributed by atoms with Gasteiger partial charge in [0, 0.05) is 17.8 Å². The van der Waals surface area contributed by atoms with E-state index in [-0.39, 0.29) is 6.04 Å². The zero-order valence-electron chi connectivity index (χ0n) is 8.54. The van der Waals surface area contributed by atoms with Crippen molar-refractivity contribution in [2.75, 3.05) is 5.32 Å². The maximum atomic E-state index is 12.9. The van der Waals surface area contributed by atoms with Crippen LogP contribution in [0.25, 0.3) is 0 Å². The van der Waals surface area contributed by atoms with Crippen LogP contribution >= 0.6 is 0 Å². The molecule has 82 valence electrons. The van der Waals surface area contributed by atoms with E-state index in [4.69, 9.17) is 5.11 Å². The number of rotatable bonds is 2. The summed E-state index contributed by atoms with van der Waals surface area (Å²) < 4.78 is 12.9. The lowest BCUT2D eigenvalue weighted by molar-refractivity contribution is 0.250. The van der Waals surface area contributed by atoms with Gasteiger partial charge < -0.3 is 15.7 Å². The molecule has 0 bridgehead atoms. The van der Waals surface area contributed by atoms with Gasteiger partial charge in [-0.3, -0.25) is 0 Å². The number of halogens is 1. The second-order valence-electron chi connectivity index (χ2n) is 3.42. The standard InChI is InChI=1S/C10H13FN2O2/c1-6(2)12-10(15)13-7-3-4-9(14)8(11)5-7/h3-6,14H,1-2H3,(H2,12,13,15). The third kappa shape index (κ3) is 3.46. The van der Waals surface area contributed by atoms with Gasteiger partial charge in [0.15, 0.2) is 11.6 Å². The molecule has 0 aromatic heterocycles. The van der Waals surface area contributed by atoms with Crippen LogP contribution in [0.2, 0.25) is 0 Å². The lowest BCUT2D eigenvalue weighted by Gasteiger charge is -2.10. The number of urea groups is 1. The van der Waals surface area contributed by atoms with Crippen LogP contribution in [0.1, 0.15) is 13.8 Å². The van der Waals surface area contributed by atoms with Crippen molar-refractivity contribution in [1.82, 2.24) is 5.32 Å². The summed E-state index contributed by atoms with van der Waals surface area (Å²) in [6, 6.07) is 3.25. The number of nitrogens with one attached hydrogen (secondary N) is 2. The van der Waals surface area contributed by atoms with Gasteiger partial charge in [-0.2, -0.15) is 0 Å². The van der Waals surface area contributed by atoms with Crippen molar-refractivity contribution in [3.05, 3.63) is 24.0 Å². The number of amides is 2. The van der Waals surface area contributed by atoms with Crippen LogP contribution in [0.5, 0.6) is 5.75 Å². The summed E-state index contributed by atoms with van der Waals surface area (Å²) in [7, 11) is 0. The molecule has 0 atom stereocenters. The SMILES string of the molecule is CC(C)NC(=O)Nc1ccc(O)c(F)c1. The Morgan fingerprint density at radius 1 is 1.47 bits per heavy atom. The van der Waals surface area contributed by atoms with Crippen LogP contribution in [0.3, 0.4) is 0 Å². The number of carbonyl (C=O) groups excluding carboxylic acids is 1. The van der Waals surface area contributed by atoms with E-state index < -0.39 is 17.6 Å². The number of phenols is 1. The molecule has 0 heterocycles. The Bertz CT molecular complexity index is 366. The molecule has 0 spiro atoms. The molecular weight excluding hydrogens is 199 g/mol. The second kappa shape index (κ2) is 4.63. The Morgan fingerprint density at radius 3 is 2.67 bits per heavy atom. The van der Waals surface area contributed by atoms with E-state index in [2.05, 4.69) is 10.6 Å². The number of aromatic hydroxyl groups is 1. The van der Waals surface area contributed by atoms with Crippen molar-refractivity contribution in [1.29, 1.82) is 0 Å². The van der Waals surface area contributed by atoms with E-state index in [1.165, 1.54) is 12.1 Å². The predicted molar refractivity (Wildman–Crippen MR) is 55.4 cm³/mol. The molecule has 0 unspecified atom stereocenters. The van der Waals surface area contributed by atoms with Crippen molar-refractivity contribution >= 4 is 11.7 Å². The molecule has 4 nitrogen and oxygen atoms in total. The van der Waals surface area contributed by atoms with Crippen LogP contribution in [0.15, 0.2) is 18.2 Å². The Morgan fingerprint density at radius 2 is 2.13 bits per heavy atom. The zero-order chi connectivity index (χ0) is 11.4. The van der Waals surface area contributed by atoms with Crippen molar-refractivity contribution in [3.63, 3.8) is 0 Å². The Balaban J connectivity index is 2.65. The van der Waals surface area contributed by atoms with Gasteiger partial charge in [0.1, 0.15) is 0 Å². The van der Waals surface area contributed by atoms with Crippen molar-refractivity contribution < 1.29 is 14.3 Å². The summed E-state index contributed by atoms with van der Waals surface area (Å²) in [4.78, 5) is 11.2. The third-order valence-electron chi connectivity index (χ3n) is 1.63. The van der Waals surface area contributed by atoms with Gasteiger partial charge in [0.2, 0.25) is 0 Å². The molecule has 5 heteroatoms. The lowest BCUT2D eigenvalue weighted by atomic mass is 10.3. The Kier molecular flexibility index (Phi) is 3.49. The number of phenolic OH excluding ortho intramolecular Hbond substituents is 1. The van der Waals surface area contributed by atoms with Crippen LogP contribution in [0.4, 0.5) is 14.9 Å². The highest BCUT2D eigenvalue weighted by atomic mass is 19.1. The summed E-state index contributed by atoms with van der Waals surface area (Å²) in [6.45, 7) is 3.63. The summed E-state index contributed by atoms with van der Waals surface area (Å²) in [5, 5.41) is 14.0. The maximum absolute atomic E-state index is 12.9. The molecule has 0 aliphatic rings. The molecule has 1 aromatic rings. The molecule has 0 radical (unpaired) electrons. The molecular formula is C10H13FN2O2. The molecule has 0 aliphatic carbocycles. The van der Waals surface area contributed by atoms with Crippen molar-refractivity contribution in [3.8, 4) is 5.75 Å². The normalized spacial score (nSPS) is 10.1. The first-order valence-corrected chi connectivity index (χ1v) is 4.55. The number of anilines is 1. The van der Waals surface area contributed by atoms with Gasteiger partial charge in [-0.15, -0.1) is 0 Å². The molecule has 15 heavy (non-hydrogen) atoms. The van der Waals surface area contributed by atoms with Gasteiger partial charge in [-0.25, -0.2) is 9.18 Å². The minimum absolute atomic E-state index is 0.00645. The molecule has 0 aliphatic heterocycles. The van der Waals surface area contributed by atoms with E-state index in [1.807, 2.05) is 13.8 Å². The minimum Gasteiger partial charge on any atom is -0.505 e. The van der Waals surface area contributed by atoms with Gasteiger partial charge in [-0.1, -0.05) is 0 Å². The molecule has 1 rings (SSSR count). The van der Waals surface area contributed by atoms with Gasteiger partial charge in [0.05, 0.1) is 0 Å². The fraction of sp³-hybridized carbons (Fsp3) is 0.300. The maximum Gasteiger partial charge on any atom is 0.319 e. The fourth-order valence-electron chi connectivity index (χ4n) is 1.01. The average molecular weight is 212 g/mol. The first-order chi connectivity index (χ1) is 6.99. The first-order valence-electron chi connectivity index (χ1n) is 4.55. The third-order valence-corrected chi connectivity index (χ3v) is 1.63. The van der Waals surface area contributed by atoms with Crippen LogP contribution in [0, 0.1) is 5.82 Å². The highest BCUT2D eigenvalue weighted by Gasteiger charge is 2.05. The summed E-state index contributed by atoms with van der Waals surface area (Å²) >= 11 is 0. The smallest absolute Gasteiger partial charge is 0.319 e. The number of hydrogen-bond donors (Lipinski definition) is 3. The van der Waals surface area contributed by atoms with Crippen LogP contribution in [-0.2, 0) is 0 Å². The van der Waals surface area contributed by atoms with E-state index >= 15 is 0 Å². The Hall–Kier alpha value is -1.78. The second-order valence-corrected chi connectivity index (χ2v) is 3.42. The fourth-order valence-corrected chi connectivity index (χ4v) is 1.01. The van der Waals surface area contributed by atoms with E-state index in [1.54, 1.807) is 0 Å². The van der Waals surface area contributed by atoms with E-state index in [9.17, 15) is 9.18 Å². The predicted octanol–water partition coefficient (Wildman–Crippen LogP) is 2.06. The quantitative estimate of drug-likeness (QED) is 0.657.